The summed E-state index contributed by atoms with van der Waals surface area (Å²) in [5, 5.41) is 4.04. The molecule has 8 nitrogen and oxygen atoms in total. The molecule has 0 atom stereocenters. The molecule has 3 amide bonds. The third-order valence-electron chi connectivity index (χ3n) is 4.92. The van der Waals surface area contributed by atoms with Crippen molar-refractivity contribution in [3.8, 4) is 0 Å². The molecule has 1 aliphatic heterocycles. The highest BCUT2D eigenvalue weighted by Crippen LogP contribution is 2.24. The number of carbonyl (C=O) groups is 4. The quantitative estimate of drug-likeness (QED) is 0.468. The fraction of sp³-hybridized carbons (Fsp3) is 0.182. The van der Waals surface area contributed by atoms with Gasteiger partial charge in [0.2, 0.25) is 5.91 Å². The molecule has 31 heavy (non-hydrogen) atoms. The molecule has 2 aromatic carbocycles. The first-order valence-electron chi connectivity index (χ1n) is 9.52. The number of hydrogen-bond acceptors (Lipinski definition) is 5. The number of esters is 1. The van der Waals surface area contributed by atoms with Crippen molar-refractivity contribution in [2.75, 3.05) is 13.2 Å². The first-order chi connectivity index (χ1) is 14.9. The van der Waals surface area contributed by atoms with E-state index in [1.807, 2.05) is 24.3 Å². The van der Waals surface area contributed by atoms with Gasteiger partial charge in [-0.2, -0.15) is 0 Å². The Hall–Kier alpha value is -3.65. The number of nitrogens with one attached hydrogen (secondary N) is 1. The number of fused-ring (bicyclic) bond motifs is 3. The number of aromatic nitrogens is 1. The largest absolute Gasteiger partial charge is 0.454 e. The summed E-state index contributed by atoms with van der Waals surface area (Å²) in [6.45, 7) is -0.864. The second-order valence-electron chi connectivity index (χ2n) is 7.02. The van der Waals surface area contributed by atoms with Crippen LogP contribution >= 0.6 is 11.6 Å². The summed E-state index contributed by atoms with van der Waals surface area (Å²) in [6, 6.07) is 16.0. The van der Waals surface area contributed by atoms with E-state index in [0.29, 0.717) is 10.7 Å². The van der Waals surface area contributed by atoms with E-state index < -0.39 is 36.8 Å². The highest BCUT2D eigenvalue weighted by atomic mass is 35.5. The van der Waals surface area contributed by atoms with Gasteiger partial charge >= 0.3 is 5.97 Å². The fourth-order valence-corrected chi connectivity index (χ4v) is 3.49. The molecule has 0 saturated carbocycles. The lowest BCUT2D eigenvalue weighted by Gasteiger charge is -2.26. The Bertz CT molecular complexity index is 1190. The fourth-order valence-electron chi connectivity index (χ4n) is 3.36. The topological polar surface area (TPSA) is 97.7 Å². The lowest BCUT2D eigenvalue weighted by molar-refractivity contribution is -0.151. The second kappa shape index (κ2) is 8.61. The Labute approximate surface area is 182 Å². The van der Waals surface area contributed by atoms with E-state index in [-0.39, 0.29) is 13.1 Å². The van der Waals surface area contributed by atoms with Crippen molar-refractivity contribution in [2.24, 2.45) is 0 Å². The number of para-hydroxylation sites is 1. The average Bonchev–Trinajstić information content (AvgIpc) is 3.13. The van der Waals surface area contributed by atoms with Gasteiger partial charge < -0.3 is 14.6 Å². The summed E-state index contributed by atoms with van der Waals surface area (Å²) in [7, 11) is 0. The molecule has 4 rings (SSSR count). The van der Waals surface area contributed by atoms with Crippen LogP contribution in [0.15, 0.2) is 54.6 Å². The van der Waals surface area contributed by atoms with E-state index in [1.165, 1.54) is 0 Å². The molecule has 0 fully saturated rings. The smallest absolute Gasteiger partial charge is 0.326 e. The Morgan fingerprint density at radius 3 is 2.58 bits per heavy atom. The molecule has 0 spiro atoms. The minimum absolute atomic E-state index is 0.0521. The van der Waals surface area contributed by atoms with Crippen LogP contribution in [-0.2, 0) is 32.2 Å². The maximum absolute atomic E-state index is 12.7. The Kier molecular flexibility index (Phi) is 5.73. The first kappa shape index (κ1) is 20.6. The van der Waals surface area contributed by atoms with Crippen LogP contribution in [0, 0.1) is 0 Å². The van der Waals surface area contributed by atoms with Crippen LogP contribution in [-0.4, -0.2) is 46.3 Å². The van der Waals surface area contributed by atoms with Crippen molar-refractivity contribution in [3.05, 3.63) is 70.9 Å². The maximum atomic E-state index is 12.7. The lowest BCUT2D eigenvalue weighted by atomic mass is 10.2. The molecule has 9 heteroatoms. The zero-order chi connectivity index (χ0) is 22.0. The van der Waals surface area contributed by atoms with Crippen molar-refractivity contribution in [1.29, 1.82) is 0 Å². The van der Waals surface area contributed by atoms with Gasteiger partial charge in [-0.05, 0) is 29.8 Å². The van der Waals surface area contributed by atoms with Crippen molar-refractivity contribution in [3.63, 3.8) is 0 Å². The molecule has 1 N–H and O–H groups in total. The SMILES string of the molecule is O=C(COC(=O)CN1C(=O)Cn2c(cc3ccccc32)C1=O)NCc1ccc(Cl)cc1. The zero-order valence-electron chi connectivity index (χ0n) is 16.3. The Morgan fingerprint density at radius 2 is 1.81 bits per heavy atom. The number of ether oxygens (including phenoxy) is 1. The van der Waals surface area contributed by atoms with E-state index in [2.05, 4.69) is 5.32 Å². The summed E-state index contributed by atoms with van der Waals surface area (Å²) in [5.74, 6) is -2.42. The number of amides is 3. The first-order valence-corrected chi connectivity index (χ1v) is 9.90. The average molecular weight is 440 g/mol. The normalized spacial score (nSPS) is 13.3. The van der Waals surface area contributed by atoms with E-state index in [0.717, 1.165) is 21.4 Å². The van der Waals surface area contributed by atoms with Gasteiger partial charge in [0, 0.05) is 22.5 Å². The number of imide groups is 1. The van der Waals surface area contributed by atoms with Gasteiger partial charge in [-0.15, -0.1) is 0 Å². The summed E-state index contributed by atoms with van der Waals surface area (Å²) >= 11 is 5.81. The number of carbonyl (C=O) groups excluding carboxylic acids is 4. The molecule has 0 saturated heterocycles. The van der Waals surface area contributed by atoms with Gasteiger partial charge in [0.1, 0.15) is 18.8 Å². The number of halogens is 1. The van der Waals surface area contributed by atoms with Crippen molar-refractivity contribution < 1.29 is 23.9 Å². The van der Waals surface area contributed by atoms with E-state index in [9.17, 15) is 19.2 Å². The summed E-state index contributed by atoms with van der Waals surface area (Å²) < 4.78 is 6.56. The predicted octanol–water partition coefficient (Wildman–Crippen LogP) is 2.14. The molecule has 0 unspecified atom stereocenters. The van der Waals surface area contributed by atoms with Crippen LogP contribution in [0.3, 0.4) is 0 Å². The van der Waals surface area contributed by atoms with Gasteiger partial charge in [0.05, 0.1) is 0 Å². The summed E-state index contributed by atoms with van der Waals surface area (Å²) in [5.41, 5.74) is 1.94. The highest BCUT2D eigenvalue weighted by Gasteiger charge is 2.34. The number of rotatable bonds is 6. The van der Waals surface area contributed by atoms with Crippen LogP contribution in [0.5, 0.6) is 0 Å². The minimum atomic E-state index is -0.840. The van der Waals surface area contributed by atoms with E-state index in [4.69, 9.17) is 16.3 Å². The van der Waals surface area contributed by atoms with E-state index in [1.54, 1.807) is 34.9 Å². The molecule has 2 heterocycles. The van der Waals surface area contributed by atoms with E-state index >= 15 is 0 Å². The monoisotopic (exact) mass is 439 g/mol. The third kappa shape index (κ3) is 4.44. The molecule has 158 valence electrons. The zero-order valence-corrected chi connectivity index (χ0v) is 17.1. The number of hydrogen-bond donors (Lipinski definition) is 1. The van der Waals surface area contributed by atoms with Crippen LogP contribution in [0.1, 0.15) is 16.1 Å². The van der Waals surface area contributed by atoms with Crippen molar-refractivity contribution in [2.45, 2.75) is 13.1 Å². The van der Waals surface area contributed by atoms with Gasteiger partial charge in [0.25, 0.3) is 11.8 Å². The third-order valence-corrected chi connectivity index (χ3v) is 5.18. The van der Waals surface area contributed by atoms with Crippen LogP contribution in [0.25, 0.3) is 10.9 Å². The maximum Gasteiger partial charge on any atom is 0.326 e. The van der Waals surface area contributed by atoms with Crippen molar-refractivity contribution in [1.82, 2.24) is 14.8 Å². The van der Waals surface area contributed by atoms with Gasteiger partial charge in [-0.25, -0.2) is 0 Å². The number of nitrogens with zero attached hydrogens (tertiary/aromatic N) is 2. The van der Waals surface area contributed by atoms with Gasteiger partial charge in [-0.3, -0.25) is 24.1 Å². The Balaban J connectivity index is 1.32. The second-order valence-corrected chi connectivity index (χ2v) is 7.46. The standard InChI is InChI=1S/C22H18ClN3O5/c23-16-7-5-14(6-8-16)10-24-19(27)13-31-21(29)12-26-20(28)11-25-17-4-2-1-3-15(17)9-18(25)22(26)30/h1-9H,10-13H2,(H,24,27). The summed E-state index contributed by atoms with van der Waals surface area (Å²) in [6.07, 6.45) is 0. The van der Waals surface area contributed by atoms with Crippen molar-refractivity contribution >= 4 is 46.2 Å². The number of benzene rings is 2. The predicted molar refractivity (Wildman–Crippen MR) is 112 cm³/mol. The van der Waals surface area contributed by atoms with Crippen LogP contribution in [0.4, 0.5) is 0 Å². The molecule has 0 radical (unpaired) electrons. The molecule has 0 aliphatic carbocycles. The molecular weight excluding hydrogens is 422 g/mol. The van der Waals surface area contributed by atoms with Gasteiger partial charge in [0.15, 0.2) is 6.61 Å². The van der Waals surface area contributed by atoms with Crippen LogP contribution < -0.4 is 5.32 Å². The molecule has 1 aromatic heterocycles. The molecule has 0 bridgehead atoms. The molecular formula is C22H18ClN3O5. The Morgan fingerprint density at radius 1 is 1.06 bits per heavy atom. The summed E-state index contributed by atoms with van der Waals surface area (Å²) in [4.78, 5) is 50.1. The highest BCUT2D eigenvalue weighted by molar-refractivity contribution is 6.30. The molecule has 3 aromatic rings. The lowest BCUT2D eigenvalue weighted by Crippen LogP contribution is -2.47. The van der Waals surface area contributed by atoms with Crippen LogP contribution in [0.2, 0.25) is 5.02 Å². The minimum Gasteiger partial charge on any atom is -0.454 e. The molecule has 1 aliphatic rings. The van der Waals surface area contributed by atoms with Gasteiger partial charge in [-0.1, -0.05) is 41.9 Å².